The summed E-state index contributed by atoms with van der Waals surface area (Å²) in [5, 5.41) is 2.67. The molecule has 3 rings (SSSR count). The predicted octanol–water partition coefficient (Wildman–Crippen LogP) is 3.53. The number of benzene rings is 2. The molecule has 1 aliphatic rings. The summed E-state index contributed by atoms with van der Waals surface area (Å²) >= 11 is 0. The minimum Gasteiger partial charge on any atom is -0.465 e. The topological polar surface area (TPSA) is 58.6 Å². The fourth-order valence-corrected chi connectivity index (χ4v) is 3.28. The quantitative estimate of drug-likeness (QED) is 0.832. The summed E-state index contributed by atoms with van der Waals surface area (Å²) in [5.41, 5.74) is 1.40. The van der Waals surface area contributed by atoms with Gasteiger partial charge in [0, 0.05) is 17.8 Å². The second-order valence-electron chi connectivity index (χ2n) is 6.44. The van der Waals surface area contributed by atoms with Crippen molar-refractivity contribution in [3.63, 3.8) is 0 Å². The first-order valence-corrected chi connectivity index (χ1v) is 8.63. The molecule has 0 spiro atoms. The molecule has 0 aliphatic carbocycles. The molecule has 0 aromatic heterocycles. The number of fused-ring (bicyclic) bond motifs is 1. The van der Waals surface area contributed by atoms with Crippen molar-refractivity contribution in [3.8, 4) is 0 Å². The summed E-state index contributed by atoms with van der Waals surface area (Å²) in [4.78, 5) is 26.0. The Balaban J connectivity index is 1.79. The lowest BCUT2D eigenvalue weighted by molar-refractivity contribution is -0.117. The number of nitrogens with zero attached hydrogens (tertiary/aromatic N) is 1. The summed E-state index contributed by atoms with van der Waals surface area (Å²) in [6.07, 6.45) is 1.73. The number of anilines is 2. The molecule has 0 fully saturated rings. The van der Waals surface area contributed by atoms with Gasteiger partial charge in [-0.15, -0.1) is 0 Å². The van der Waals surface area contributed by atoms with Gasteiger partial charge in [0.25, 0.3) is 0 Å². The Bertz CT molecular complexity index is 886. The Labute approximate surface area is 155 Å². The minimum atomic E-state index is -1.02. The number of para-hydroxylation sites is 1. The van der Waals surface area contributed by atoms with Crippen molar-refractivity contribution in [1.82, 2.24) is 0 Å². The number of halogens is 2. The van der Waals surface area contributed by atoms with E-state index in [1.165, 1.54) is 0 Å². The van der Waals surface area contributed by atoms with E-state index in [4.69, 9.17) is 0 Å². The van der Waals surface area contributed by atoms with Gasteiger partial charge in [0.15, 0.2) is 0 Å². The third kappa shape index (κ3) is 3.77. The van der Waals surface area contributed by atoms with Crippen molar-refractivity contribution in [2.75, 3.05) is 23.9 Å². The van der Waals surface area contributed by atoms with Crippen molar-refractivity contribution in [1.29, 1.82) is 0 Å². The van der Waals surface area contributed by atoms with Gasteiger partial charge in [0.05, 0.1) is 24.9 Å². The van der Waals surface area contributed by atoms with E-state index < -0.39 is 23.2 Å². The molecule has 0 saturated heterocycles. The number of methoxy groups -OCH3 is 1. The molecule has 1 unspecified atom stereocenters. The Hall–Kier alpha value is -2.96. The maximum absolute atomic E-state index is 14.0. The van der Waals surface area contributed by atoms with E-state index in [9.17, 15) is 18.4 Å². The maximum Gasteiger partial charge on any atom is 0.340 e. The fourth-order valence-electron chi connectivity index (χ4n) is 3.28. The summed E-state index contributed by atoms with van der Waals surface area (Å²) in [6.45, 7) is 1.77. The highest BCUT2D eigenvalue weighted by atomic mass is 19.1. The maximum atomic E-state index is 14.0. The SMILES string of the molecule is COC(=O)c1cc(NCC(=O)N2c3ccccc3CCC2C)c(F)cc1F. The number of esters is 1. The molecular formula is C20H20F2N2O3. The van der Waals surface area contributed by atoms with Crippen LogP contribution in [0.15, 0.2) is 36.4 Å². The summed E-state index contributed by atoms with van der Waals surface area (Å²) < 4.78 is 32.2. The van der Waals surface area contributed by atoms with E-state index in [1.54, 1.807) is 4.90 Å². The van der Waals surface area contributed by atoms with Crippen LogP contribution >= 0.6 is 0 Å². The number of ether oxygens (including phenoxy) is 1. The average Bonchev–Trinajstić information content (AvgIpc) is 2.66. The van der Waals surface area contributed by atoms with Crippen molar-refractivity contribution >= 4 is 23.3 Å². The van der Waals surface area contributed by atoms with Crippen molar-refractivity contribution in [3.05, 3.63) is 59.2 Å². The number of carbonyl (C=O) groups excluding carboxylic acids is 2. The lowest BCUT2D eigenvalue weighted by atomic mass is 9.96. The summed E-state index contributed by atoms with van der Waals surface area (Å²) in [5.74, 6) is -3.06. The van der Waals surface area contributed by atoms with Gasteiger partial charge in [0.2, 0.25) is 5.91 Å². The van der Waals surface area contributed by atoms with Crippen LogP contribution in [0.2, 0.25) is 0 Å². The van der Waals surface area contributed by atoms with E-state index in [0.29, 0.717) is 6.07 Å². The first-order valence-electron chi connectivity index (χ1n) is 8.63. The van der Waals surface area contributed by atoms with Crippen LogP contribution in [-0.2, 0) is 16.0 Å². The number of amides is 1. The standard InChI is InChI=1S/C20H20F2N2O3/c1-12-7-8-13-5-3-4-6-18(13)24(12)19(25)11-23-17-9-14(20(26)27-2)15(21)10-16(17)22/h3-6,9-10,12,23H,7-8,11H2,1-2H3. The highest BCUT2D eigenvalue weighted by Gasteiger charge is 2.28. The van der Waals surface area contributed by atoms with Crippen LogP contribution in [0.5, 0.6) is 0 Å². The molecule has 142 valence electrons. The molecule has 0 bridgehead atoms. The number of aryl methyl sites for hydroxylation is 1. The zero-order valence-corrected chi connectivity index (χ0v) is 15.1. The van der Waals surface area contributed by atoms with Crippen LogP contribution in [0.4, 0.5) is 20.2 Å². The van der Waals surface area contributed by atoms with Gasteiger partial charge >= 0.3 is 5.97 Å². The zero-order chi connectivity index (χ0) is 19.6. The molecule has 7 heteroatoms. The van der Waals surface area contributed by atoms with Gasteiger partial charge in [-0.3, -0.25) is 4.79 Å². The minimum absolute atomic E-state index is 0.0119. The molecule has 0 saturated carbocycles. The number of carbonyl (C=O) groups is 2. The highest BCUT2D eigenvalue weighted by molar-refractivity contribution is 5.98. The first kappa shape index (κ1) is 18.8. The zero-order valence-electron chi connectivity index (χ0n) is 15.1. The summed E-state index contributed by atoms with van der Waals surface area (Å²) in [7, 11) is 1.11. The molecule has 1 N–H and O–H groups in total. The van der Waals surface area contributed by atoms with Gasteiger partial charge in [-0.2, -0.15) is 0 Å². The summed E-state index contributed by atoms with van der Waals surface area (Å²) in [6, 6.07) is 9.28. The van der Waals surface area contributed by atoms with E-state index in [0.717, 1.165) is 37.3 Å². The molecule has 1 heterocycles. The Morgan fingerprint density at radius 2 is 1.96 bits per heavy atom. The Morgan fingerprint density at radius 3 is 2.70 bits per heavy atom. The third-order valence-corrected chi connectivity index (χ3v) is 4.68. The van der Waals surface area contributed by atoms with E-state index in [1.807, 2.05) is 31.2 Å². The molecule has 27 heavy (non-hydrogen) atoms. The molecule has 1 amide bonds. The normalized spacial score (nSPS) is 15.9. The van der Waals surface area contributed by atoms with Gasteiger partial charge in [0.1, 0.15) is 11.6 Å². The van der Waals surface area contributed by atoms with Gasteiger partial charge in [-0.05, 0) is 37.5 Å². The van der Waals surface area contributed by atoms with E-state index in [-0.39, 0.29) is 24.2 Å². The van der Waals surface area contributed by atoms with Gasteiger partial charge < -0.3 is 15.0 Å². The third-order valence-electron chi connectivity index (χ3n) is 4.68. The number of rotatable bonds is 4. The van der Waals surface area contributed by atoms with E-state index in [2.05, 4.69) is 10.1 Å². The predicted molar refractivity (Wildman–Crippen MR) is 97.9 cm³/mol. The largest absolute Gasteiger partial charge is 0.465 e. The Kier molecular flexibility index (Phi) is 5.39. The highest BCUT2D eigenvalue weighted by Crippen LogP contribution is 2.30. The number of hydrogen-bond donors (Lipinski definition) is 1. The molecular weight excluding hydrogens is 354 g/mol. The first-order chi connectivity index (χ1) is 12.9. The average molecular weight is 374 g/mol. The van der Waals surface area contributed by atoms with Crippen LogP contribution in [0.1, 0.15) is 29.3 Å². The van der Waals surface area contributed by atoms with Crippen LogP contribution in [0.3, 0.4) is 0 Å². The van der Waals surface area contributed by atoms with Crippen molar-refractivity contribution < 1.29 is 23.1 Å². The molecule has 1 aliphatic heterocycles. The lowest BCUT2D eigenvalue weighted by Crippen LogP contribution is -2.44. The van der Waals surface area contributed by atoms with Gasteiger partial charge in [-0.1, -0.05) is 18.2 Å². The van der Waals surface area contributed by atoms with E-state index >= 15 is 0 Å². The van der Waals surface area contributed by atoms with Crippen molar-refractivity contribution in [2.45, 2.75) is 25.8 Å². The van der Waals surface area contributed by atoms with Crippen LogP contribution < -0.4 is 10.2 Å². The van der Waals surface area contributed by atoms with Crippen LogP contribution in [0, 0.1) is 11.6 Å². The second-order valence-corrected chi connectivity index (χ2v) is 6.44. The number of hydrogen-bond acceptors (Lipinski definition) is 4. The fraction of sp³-hybridized carbons (Fsp3) is 0.300. The molecule has 5 nitrogen and oxygen atoms in total. The number of nitrogens with one attached hydrogen (secondary N) is 1. The van der Waals surface area contributed by atoms with Gasteiger partial charge in [-0.25, -0.2) is 13.6 Å². The molecule has 2 aromatic rings. The van der Waals surface area contributed by atoms with Crippen molar-refractivity contribution in [2.24, 2.45) is 0 Å². The monoisotopic (exact) mass is 374 g/mol. The molecule has 2 aromatic carbocycles. The second kappa shape index (κ2) is 7.73. The van der Waals surface area contributed by atoms with Crippen LogP contribution in [-0.4, -0.2) is 31.6 Å². The molecule has 0 radical (unpaired) electrons. The molecule has 1 atom stereocenters. The Morgan fingerprint density at radius 1 is 1.22 bits per heavy atom. The smallest absolute Gasteiger partial charge is 0.340 e. The van der Waals surface area contributed by atoms with Crippen LogP contribution in [0.25, 0.3) is 0 Å². The lowest BCUT2D eigenvalue weighted by Gasteiger charge is -2.35.